The van der Waals surface area contributed by atoms with Crippen molar-refractivity contribution in [2.75, 3.05) is 19.4 Å². The topological polar surface area (TPSA) is 60.2 Å². The molecule has 0 saturated carbocycles. The molecule has 1 aliphatic rings. The molecule has 1 saturated heterocycles. The van der Waals surface area contributed by atoms with E-state index in [0.717, 1.165) is 25.0 Å². The zero-order valence-corrected chi connectivity index (χ0v) is 10.9. The smallest absolute Gasteiger partial charge is 0.128 e. The van der Waals surface area contributed by atoms with Gasteiger partial charge in [-0.3, -0.25) is 0 Å². The maximum Gasteiger partial charge on any atom is 0.128 e. The van der Waals surface area contributed by atoms with Gasteiger partial charge in [-0.05, 0) is 32.9 Å². The first kappa shape index (κ1) is 12.6. The predicted molar refractivity (Wildman–Crippen MR) is 69.1 cm³/mol. The summed E-state index contributed by atoms with van der Waals surface area (Å²) in [5, 5.41) is 3.86. The van der Waals surface area contributed by atoms with Crippen LogP contribution in [0.2, 0.25) is 5.02 Å². The van der Waals surface area contributed by atoms with Gasteiger partial charge in [-0.25, -0.2) is 4.98 Å². The molecule has 1 aromatic rings. The summed E-state index contributed by atoms with van der Waals surface area (Å²) in [6.07, 6.45) is 3.64. The highest BCUT2D eigenvalue weighted by Gasteiger charge is 2.39. The molecule has 2 heterocycles. The predicted octanol–water partition coefficient (Wildman–Crippen LogP) is 2.15. The molecule has 5 heteroatoms. The Morgan fingerprint density at radius 3 is 3.00 bits per heavy atom. The highest BCUT2D eigenvalue weighted by molar-refractivity contribution is 6.30. The number of halogens is 1. The first-order valence-electron chi connectivity index (χ1n) is 5.79. The highest BCUT2D eigenvalue weighted by atomic mass is 35.5. The van der Waals surface area contributed by atoms with Crippen LogP contribution in [-0.2, 0) is 4.74 Å². The van der Waals surface area contributed by atoms with Gasteiger partial charge in [0, 0.05) is 18.4 Å². The molecule has 0 aromatic carbocycles. The van der Waals surface area contributed by atoms with Crippen LogP contribution in [0.25, 0.3) is 0 Å². The second kappa shape index (κ2) is 4.80. The molecule has 0 spiro atoms. The Hall–Kier alpha value is -0.840. The maximum atomic E-state index is 5.98. The third-order valence-electron chi connectivity index (χ3n) is 3.38. The van der Waals surface area contributed by atoms with E-state index < -0.39 is 0 Å². The van der Waals surface area contributed by atoms with E-state index in [1.165, 1.54) is 0 Å². The number of nitrogens with zero attached hydrogens (tertiary/aromatic N) is 1. The van der Waals surface area contributed by atoms with E-state index in [0.29, 0.717) is 10.8 Å². The summed E-state index contributed by atoms with van der Waals surface area (Å²) in [7, 11) is 1.90. The largest absolute Gasteiger partial charge is 0.383 e. The number of likely N-dealkylation sites (N-methyl/N-ethyl adjacent to an activating group) is 1. The first-order chi connectivity index (χ1) is 8.07. The van der Waals surface area contributed by atoms with Crippen LogP contribution in [0.5, 0.6) is 0 Å². The molecule has 0 bridgehead atoms. The maximum absolute atomic E-state index is 5.98. The summed E-state index contributed by atoms with van der Waals surface area (Å²) >= 11 is 5.98. The number of anilines is 1. The molecule has 3 N–H and O–H groups in total. The minimum absolute atomic E-state index is 0.0104. The number of hydrogen-bond acceptors (Lipinski definition) is 4. The van der Waals surface area contributed by atoms with E-state index in [2.05, 4.69) is 17.2 Å². The van der Waals surface area contributed by atoms with E-state index in [-0.39, 0.29) is 11.6 Å². The lowest BCUT2D eigenvalue weighted by Gasteiger charge is -2.33. The molecule has 0 amide bonds. The Morgan fingerprint density at radius 1 is 1.65 bits per heavy atom. The van der Waals surface area contributed by atoms with E-state index in [4.69, 9.17) is 22.1 Å². The van der Waals surface area contributed by atoms with Crippen molar-refractivity contribution in [3.63, 3.8) is 0 Å². The summed E-state index contributed by atoms with van der Waals surface area (Å²) in [5.74, 6) is 0.505. The Bertz CT molecular complexity index is 405. The Kier molecular flexibility index (Phi) is 3.56. The molecular weight excluding hydrogens is 238 g/mol. The van der Waals surface area contributed by atoms with Crippen LogP contribution < -0.4 is 11.1 Å². The second-order valence-electron chi connectivity index (χ2n) is 4.61. The van der Waals surface area contributed by atoms with Gasteiger partial charge in [0.15, 0.2) is 0 Å². The summed E-state index contributed by atoms with van der Waals surface area (Å²) in [6.45, 7) is 2.89. The summed E-state index contributed by atoms with van der Waals surface area (Å²) in [6, 6.07) is 1.87. The third kappa shape index (κ3) is 2.39. The van der Waals surface area contributed by atoms with E-state index >= 15 is 0 Å². The van der Waals surface area contributed by atoms with Gasteiger partial charge in [-0.2, -0.15) is 0 Å². The van der Waals surface area contributed by atoms with Gasteiger partial charge in [0.25, 0.3) is 0 Å². The standard InChI is InChI=1S/C12H18ClN3O/c1-12(4-3-5-17-12)10(15-2)9-6-8(13)7-16-11(9)14/h6-7,10,15H,3-5H2,1-2H3,(H2,14,16). The normalized spacial score (nSPS) is 26.1. The van der Waals surface area contributed by atoms with Crippen LogP contribution in [0, 0.1) is 0 Å². The fraction of sp³-hybridized carbons (Fsp3) is 0.583. The van der Waals surface area contributed by atoms with Crippen molar-refractivity contribution in [3.05, 3.63) is 22.8 Å². The molecule has 4 nitrogen and oxygen atoms in total. The molecule has 1 aliphatic heterocycles. The van der Waals surface area contributed by atoms with Crippen LogP contribution in [0.1, 0.15) is 31.4 Å². The van der Waals surface area contributed by atoms with Crippen molar-refractivity contribution >= 4 is 17.4 Å². The number of nitrogens with two attached hydrogens (primary N) is 1. The summed E-state index contributed by atoms with van der Waals surface area (Å²) in [4.78, 5) is 4.10. The molecule has 1 aromatic heterocycles. The lowest BCUT2D eigenvalue weighted by atomic mass is 9.88. The van der Waals surface area contributed by atoms with Crippen molar-refractivity contribution in [2.24, 2.45) is 0 Å². The average molecular weight is 256 g/mol. The van der Waals surface area contributed by atoms with Crippen molar-refractivity contribution in [2.45, 2.75) is 31.4 Å². The first-order valence-corrected chi connectivity index (χ1v) is 6.17. The summed E-state index contributed by atoms with van der Waals surface area (Å²) in [5.41, 5.74) is 6.59. The Balaban J connectivity index is 2.37. The minimum atomic E-state index is -0.241. The van der Waals surface area contributed by atoms with Gasteiger partial charge < -0.3 is 15.8 Å². The van der Waals surface area contributed by atoms with Crippen LogP contribution in [0.15, 0.2) is 12.3 Å². The lowest BCUT2D eigenvalue weighted by Crippen LogP contribution is -2.40. The van der Waals surface area contributed by atoms with E-state index in [9.17, 15) is 0 Å². The fourth-order valence-electron chi connectivity index (χ4n) is 2.51. The molecular formula is C12H18ClN3O. The lowest BCUT2D eigenvalue weighted by molar-refractivity contribution is -0.0103. The molecule has 0 radical (unpaired) electrons. The Labute approximate surface area is 107 Å². The van der Waals surface area contributed by atoms with Gasteiger partial charge in [-0.15, -0.1) is 0 Å². The molecule has 94 valence electrons. The van der Waals surface area contributed by atoms with Crippen LogP contribution >= 0.6 is 11.6 Å². The van der Waals surface area contributed by atoms with Crippen molar-refractivity contribution in [1.29, 1.82) is 0 Å². The average Bonchev–Trinajstić information content (AvgIpc) is 2.72. The molecule has 2 rings (SSSR count). The van der Waals surface area contributed by atoms with Gasteiger partial charge >= 0.3 is 0 Å². The number of pyridine rings is 1. The SMILES string of the molecule is CNC(c1cc(Cl)cnc1N)C1(C)CCCO1. The number of rotatable bonds is 3. The monoisotopic (exact) mass is 255 g/mol. The second-order valence-corrected chi connectivity index (χ2v) is 5.05. The number of hydrogen-bond donors (Lipinski definition) is 2. The molecule has 2 atom stereocenters. The van der Waals surface area contributed by atoms with Gasteiger partial charge in [0.2, 0.25) is 0 Å². The quantitative estimate of drug-likeness (QED) is 0.869. The molecule has 17 heavy (non-hydrogen) atoms. The molecule has 1 fully saturated rings. The highest BCUT2D eigenvalue weighted by Crippen LogP contribution is 2.39. The Morgan fingerprint density at radius 2 is 2.41 bits per heavy atom. The van der Waals surface area contributed by atoms with Gasteiger partial charge in [0.1, 0.15) is 5.82 Å². The summed E-state index contributed by atoms with van der Waals surface area (Å²) < 4.78 is 5.85. The third-order valence-corrected chi connectivity index (χ3v) is 3.58. The van der Waals surface area contributed by atoms with Crippen molar-refractivity contribution in [1.82, 2.24) is 10.3 Å². The van der Waals surface area contributed by atoms with Gasteiger partial charge in [0.05, 0.1) is 16.7 Å². The van der Waals surface area contributed by atoms with Crippen LogP contribution in [0.3, 0.4) is 0 Å². The number of aromatic nitrogens is 1. The van der Waals surface area contributed by atoms with Crippen molar-refractivity contribution < 1.29 is 4.74 Å². The fourth-order valence-corrected chi connectivity index (χ4v) is 2.68. The minimum Gasteiger partial charge on any atom is -0.383 e. The number of ether oxygens (including phenoxy) is 1. The van der Waals surface area contributed by atoms with Gasteiger partial charge in [-0.1, -0.05) is 11.6 Å². The van der Waals surface area contributed by atoms with E-state index in [1.54, 1.807) is 6.20 Å². The molecule has 2 unspecified atom stereocenters. The zero-order chi connectivity index (χ0) is 12.5. The van der Waals surface area contributed by atoms with Crippen molar-refractivity contribution in [3.8, 4) is 0 Å². The molecule has 0 aliphatic carbocycles. The zero-order valence-electron chi connectivity index (χ0n) is 10.2. The number of nitrogens with one attached hydrogen (secondary N) is 1. The van der Waals surface area contributed by atoms with Crippen LogP contribution in [0.4, 0.5) is 5.82 Å². The van der Waals surface area contributed by atoms with Crippen LogP contribution in [-0.4, -0.2) is 24.2 Å². The van der Waals surface area contributed by atoms with E-state index in [1.807, 2.05) is 13.1 Å². The number of nitrogen functional groups attached to an aromatic ring is 1.